The molecule has 2 nitrogen and oxygen atoms in total. The predicted molar refractivity (Wildman–Crippen MR) is 78.9 cm³/mol. The molecule has 1 aromatic carbocycles. The molecule has 0 spiro atoms. The summed E-state index contributed by atoms with van der Waals surface area (Å²) in [6, 6.07) is 6.60. The van der Waals surface area contributed by atoms with E-state index in [2.05, 4.69) is 28.2 Å². The summed E-state index contributed by atoms with van der Waals surface area (Å²) in [4.78, 5) is 0. The predicted octanol–water partition coefficient (Wildman–Crippen LogP) is 3.91. The van der Waals surface area contributed by atoms with Crippen molar-refractivity contribution in [1.29, 1.82) is 0 Å². The van der Waals surface area contributed by atoms with Crippen LogP contribution in [0.1, 0.15) is 37.8 Å². The first-order valence-corrected chi connectivity index (χ1v) is 7.60. The van der Waals surface area contributed by atoms with Gasteiger partial charge >= 0.3 is 0 Å². The molecule has 1 aromatic rings. The lowest BCUT2D eigenvalue weighted by atomic mass is 10.0. The second-order valence-electron chi connectivity index (χ2n) is 5.03. The normalized spacial score (nSPS) is 25.3. The maximum Gasteiger partial charge on any atom is 0.0474 e. The van der Waals surface area contributed by atoms with Gasteiger partial charge in [0.15, 0.2) is 0 Å². The molecular weight excluding hydrogens is 314 g/mol. The zero-order valence-electron chi connectivity index (χ0n) is 10.5. The molecule has 3 atom stereocenters. The summed E-state index contributed by atoms with van der Waals surface area (Å²) >= 11 is 9.68. The molecule has 1 aliphatic carbocycles. The zero-order chi connectivity index (χ0) is 13.1. The number of halogens is 2. The minimum atomic E-state index is 0.211. The number of nitrogens with one attached hydrogen (secondary N) is 1. The van der Waals surface area contributed by atoms with E-state index in [1.807, 2.05) is 18.2 Å². The molecule has 1 saturated carbocycles. The summed E-state index contributed by atoms with van der Waals surface area (Å²) in [5.41, 5.74) is 1.11. The minimum Gasteiger partial charge on any atom is -0.396 e. The third-order valence-corrected chi connectivity index (χ3v) is 4.61. The Morgan fingerprint density at radius 2 is 2.28 bits per heavy atom. The van der Waals surface area contributed by atoms with Crippen LogP contribution in [-0.4, -0.2) is 17.8 Å². The highest BCUT2D eigenvalue weighted by Gasteiger charge is 2.28. The highest BCUT2D eigenvalue weighted by Crippen LogP contribution is 2.30. The Morgan fingerprint density at radius 3 is 2.94 bits per heavy atom. The van der Waals surface area contributed by atoms with Crippen molar-refractivity contribution in [3.8, 4) is 0 Å². The molecule has 2 N–H and O–H groups in total. The maximum absolute atomic E-state index is 9.34. The molecule has 0 aliphatic heterocycles. The largest absolute Gasteiger partial charge is 0.396 e. The molecule has 0 amide bonds. The number of benzene rings is 1. The molecule has 18 heavy (non-hydrogen) atoms. The fraction of sp³-hybridized carbons (Fsp3) is 0.571. The third-order valence-electron chi connectivity index (χ3n) is 3.79. The van der Waals surface area contributed by atoms with E-state index in [0.29, 0.717) is 12.0 Å². The SMILES string of the molecule is CC(NC1CCCC1CO)c1ccc(Br)cc1Cl. The second kappa shape index (κ2) is 6.38. The molecule has 100 valence electrons. The van der Waals surface area contributed by atoms with Crippen molar-refractivity contribution >= 4 is 27.5 Å². The first kappa shape index (κ1) is 14.3. The number of hydrogen-bond donors (Lipinski definition) is 2. The van der Waals surface area contributed by atoms with E-state index in [-0.39, 0.29) is 12.6 Å². The van der Waals surface area contributed by atoms with Gasteiger partial charge in [-0.1, -0.05) is 40.0 Å². The lowest BCUT2D eigenvalue weighted by molar-refractivity contribution is 0.200. The van der Waals surface area contributed by atoms with Gasteiger partial charge in [0.1, 0.15) is 0 Å². The molecule has 1 fully saturated rings. The number of hydrogen-bond acceptors (Lipinski definition) is 2. The van der Waals surface area contributed by atoms with Gasteiger partial charge in [-0.15, -0.1) is 0 Å². The lowest BCUT2D eigenvalue weighted by Crippen LogP contribution is -2.35. The van der Waals surface area contributed by atoms with Gasteiger partial charge in [-0.05, 0) is 43.4 Å². The fourth-order valence-electron chi connectivity index (χ4n) is 2.74. The van der Waals surface area contributed by atoms with Crippen LogP contribution in [0.2, 0.25) is 5.02 Å². The Kier molecular flexibility index (Phi) is 5.07. The van der Waals surface area contributed by atoms with E-state index in [9.17, 15) is 5.11 Å². The van der Waals surface area contributed by atoms with Crippen LogP contribution in [0, 0.1) is 5.92 Å². The van der Waals surface area contributed by atoms with E-state index in [1.165, 1.54) is 6.42 Å². The molecule has 2 rings (SSSR count). The van der Waals surface area contributed by atoms with Crippen molar-refractivity contribution in [2.75, 3.05) is 6.61 Å². The van der Waals surface area contributed by atoms with E-state index < -0.39 is 0 Å². The van der Waals surface area contributed by atoms with Gasteiger partial charge in [0.05, 0.1) is 0 Å². The average Bonchev–Trinajstić information content (AvgIpc) is 2.76. The summed E-state index contributed by atoms with van der Waals surface area (Å²) in [6.45, 7) is 2.40. The van der Waals surface area contributed by atoms with Crippen LogP contribution < -0.4 is 5.32 Å². The third kappa shape index (κ3) is 3.27. The molecule has 0 aromatic heterocycles. The van der Waals surface area contributed by atoms with Crippen molar-refractivity contribution < 1.29 is 5.11 Å². The van der Waals surface area contributed by atoms with Crippen molar-refractivity contribution in [2.24, 2.45) is 5.92 Å². The van der Waals surface area contributed by atoms with Crippen LogP contribution in [0.3, 0.4) is 0 Å². The first-order chi connectivity index (χ1) is 8.61. The summed E-state index contributed by atoms with van der Waals surface area (Å²) in [7, 11) is 0. The summed E-state index contributed by atoms with van der Waals surface area (Å²) < 4.78 is 0.998. The first-order valence-electron chi connectivity index (χ1n) is 6.43. The fourth-order valence-corrected chi connectivity index (χ4v) is 3.58. The van der Waals surface area contributed by atoms with Gasteiger partial charge in [0, 0.05) is 28.2 Å². The van der Waals surface area contributed by atoms with Gasteiger partial charge in [-0.2, -0.15) is 0 Å². The maximum atomic E-state index is 9.34. The molecule has 1 aliphatic rings. The molecular formula is C14H19BrClNO. The van der Waals surface area contributed by atoms with E-state index in [4.69, 9.17) is 11.6 Å². The van der Waals surface area contributed by atoms with E-state index in [1.54, 1.807) is 0 Å². The minimum absolute atomic E-state index is 0.211. The van der Waals surface area contributed by atoms with Crippen LogP contribution in [0.4, 0.5) is 0 Å². The standard InChI is InChI=1S/C14H19BrClNO/c1-9(12-6-5-11(15)7-13(12)16)17-14-4-2-3-10(14)8-18/h5-7,9-10,14,17-18H,2-4,8H2,1H3. The quantitative estimate of drug-likeness (QED) is 0.876. The van der Waals surface area contributed by atoms with Crippen molar-refractivity contribution in [1.82, 2.24) is 5.32 Å². The molecule has 4 heteroatoms. The summed E-state index contributed by atoms with van der Waals surface area (Å²) in [5.74, 6) is 0.390. The highest BCUT2D eigenvalue weighted by atomic mass is 79.9. The van der Waals surface area contributed by atoms with Crippen LogP contribution in [0.25, 0.3) is 0 Å². The Bertz CT molecular complexity index is 413. The van der Waals surface area contributed by atoms with Gasteiger partial charge in [0.2, 0.25) is 0 Å². The van der Waals surface area contributed by atoms with Crippen LogP contribution in [0.5, 0.6) is 0 Å². The monoisotopic (exact) mass is 331 g/mol. The summed E-state index contributed by atoms with van der Waals surface area (Å²) in [5, 5.41) is 13.7. The molecule has 0 saturated heterocycles. The molecule has 0 bridgehead atoms. The Balaban J connectivity index is 2.05. The Hall–Kier alpha value is -0.0900. The van der Waals surface area contributed by atoms with Gasteiger partial charge in [-0.25, -0.2) is 0 Å². The van der Waals surface area contributed by atoms with Gasteiger partial charge < -0.3 is 10.4 Å². The smallest absolute Gasteiger partial charge is 0.0474 e. The van der Waals surface area contributed by atoms with Crippen LogP contribution >= 0.6 is 27.5 Å². The van der Waals surface area contributed by atoms with Crippen LogP contribution in [0.15, 0.2) is 22.7 Å². The number of aliphatic hydroxyl groups is 1. The average molecular weight is 333 g/mol. The summed E-state index contributed by atoms with van der Waals surface area (Å²) in [6.07, 6.45) is 3.46. The van der Waals surface area contributed by atoms with Gasteiger partial charge in [0.25, 0.3) is 0 Å². The topological polar surface area (TPSA) is 32.3 Å². The number of rotatable bonds is 4. The Morgan fingerprint density at radius 1 is 1.50 bits per heavy atom. The van der Waals surface area contributed by atoms with Crippen molar-refractivity contribution in [3.05, 3.63) is 33.3 Å². The lowest BCUT2D eigenvalue weighted by Gasteiger charge is -2.24. The molecule has 0 heterocycles. The van der Waals surface area contributed by atoms with Crippen molar-refractivity contribution in [2.45, 2.75) is 38.3 Å². The molecule has 0 radical (unpaired) electrons. The van der Waals surface area contributed by atoms with E-state index >= 15 is 0 Å². The highest BCUT2D eigenvalue weighted by molar-refractivity contribution is 9.10. The number of aliphatic hydroxyl groups excluding tert-OH is 1. The second-order valence-corrected chi connectivity index (χ2v) is 6.36. The van der Waals surface area contributed by atoms with Crippen LogP contribution in [-0.2, 0) is 0 Å². The van der Waals surface area contributed by atoms with E-state index in [0.717, 1.165) is 27.9 Å². The zero-order valence-corrected chi connectivity index (χ0v) is 12.8. The van der Waals surface area contributed by atoms with Gasteiger partial charge in [-0.3, -0.25) is 0 Å². The van der Waals surface area contributed by atoms with Crippen molar-refractivity contribution in [3.63, 3.8) is 0 Å². The molecule has 3 unspecified atom stereocenters. The Labute approximate surface area is 122 Å².